The van der Waals surface area contributed by atoms with Gasteiger partial charge in [-0.3, -0.25) is 4.79 Å². The zero-order chi connectivity index (χ0) is 16.2. The lowest BCUT2D eigenvalue weighted by molar-refractivity contribution is -0.116. The molecule has 0 aliphatic rings. The predicted molar refractivity (Wildman–Crippen MR) is 87.0 cm³/mol. The average molecular weight is 307 g/mol. The lowest BCUT2D eigenvalue weighted by Gasteiger charge is -2.07. The quantitative estimate of drug-likeness (QED) is 0.515. The largest absolute Gasteiger partial charge is 0.507 e. The lowest BCUT2D eigenvalue weighted by Crippen LogP contribution is -2.21. The molecule has 2 N–H and O–H groups in total. The van der Waals surface area contributed by atoms with Crippen molar-refractivity contribution in [1.29, 1.82) is 0 Å². The Hall–Kier alpha value is -2.01. The van der Waals surface area contributed by atoms with Crippen molar-refractivity contribution in [3.63, 3.8) is 0 Å². The van der Waals surface area contributed by atoms with E-state index in [1.165, 1.54) is 12.1 Å². The van der Waals surface area contributed by atoms with E-state index in [4.69, 9.17) is 9.47 Å². The van der Waals surface area contributed by atoms with Gasteiger partial charge in [0.15, 0.2) is 0 Å². The van der Waals surface area contributed by atoms with E-state index >= 15 is 0 Å². The van der Waals surface area contributed by atoms with Gasteiger partial charge in [0.2, 0.25) is 5.91 Å². The highest BCUT2D eigenvalue weighted by Crippen LogP contribution is 2.24. The molecule has 0 saturated heterocycles. The summed E-state index contributed by atoms with van der Waals surface area (Å²) in [6.07, 6.45) is 6.22. The second-order valence-corrected chi connectivity index (χ2v) is 4.89. The monoisotopic (exact) mass is 307 g/mol. The standard InChI is InChI=1S/C17H25NO4/c1-3-4-5-10-18-17(20)9-7-14-6-8-15(13-16(14)19)22-12-11-21-2/h6-9,13,19H,3-5,10-12H2,1-2H3,(H,18,20)/b9-7+. The van der Waals surface area contributed by atoms with Crippen LogP contribution in [0.2, 0.25) is 0 Å². The van der Waals surface area contributed by atoms with Crippen LogP contribution in [0.15, 0.2) is 24.3 Å². The molecular formula is C17H25NO4. The highest BCUT2D eigenvalue weighted by Gasteiger charge is 2.02. The number of hydrogen-bond donors (Lipinski definition) is 2. The van der Waals surface area contributed by atoms with E-state index in [-0.39, 0.29) is 11.7 Å². The topological polar surface area (TPSA) is 67.8 Å². The highest BCUT2D eigenvalue weighted by molar-refractivity contribution is 5.92. The van der Waals surface area contributed by atoms with E-state index in [1.54, 1.807) is 25.3 Å². The Balaban J connectivity index is 2.47. The van der Waals surface area contributed by atoms with Gasteiger partial charge in [-0.2, -0.15) is 0 Å². The van der Waals surface area contributed by atoms with Crippen LogP contribution in [0.5, 0.6) is 11.5 Å². The van der Waals surface area contributed by atoms with Crippen LogP contribution in [0.1, 0.15) is 31.7 Å². The Morgan fingerprint density at radius 3 is 2.82 bits per heavy atom. The van der Waals surface area contributed by atoms with Crippen molar-refractivity contribution >= 4 is 12.0 Å². The molecule has 0 saturated carbocycles. The fourth-order valence-corrected chi connectivity index (χ4v) is 1.81. The van der Waals surface area contributed by atoms with Crippen LogP contribution in [-0.4, -0.2) is 37.9 Å². The third kappa shape index (κ3) is 7.13. The first-order chi connectivity index (χ1) is 10.7. The van der Waals surface area contributed by atoms with Crippen LogP contribution in [0.3, 0.4) is 0 Å². The first-order valence-electron chi connectivity index (χ1n) is 7.58. The number of aromatic hydroxyl groups is 1. The molecule has 0 spiro atoms. The summed E-state index contributed by atoms with van der Waals surface area (Å²) in [5.74, 6) is 0.483. The minimum absolute atomic E-state index is 0.0740. The Morgan fingerprint density at radius 2 is 2.14 bits per heavy atom. The maximum absolute atomic E-state index is 11.6. The number of nitrogens with one attached hydrogen (secondary N) is 1. The second-order valence-electron chi connectivity index (χ2n) is 4.89. The van der Waals surface area contributed by atoms with E-state index in [9.17, 15) is 9.90 Å². The van der Waals surface area contributed by atoms with Crippen molar-refractivity contribution in [2.24, 2.45) is 0 Å². The number of carbonyl (C=O) groups is 1. The maximum Gasteiger partial charge on any atom is 0.244 e. The average Bonchev–Trinajstić information content (AvgIpc) is 2.51. The zero-order valence-corrected chi connectivity index (χ0v) is 13.3. The fraction of sp³-hybridized carbons (Fsp3) is 0.471. The number of ether oxygens (including phenoxy) is 2. The summed E-state index contributed by atoms with van der Waals surface area (Å²) < 4.78 is 10.3. The molecule has 0 aromatic heterocycles. The number of phenols is 1. The van der Waals surface area contributed by atoms with Gasteiger partial charge in [-0.05, 0) is 24.6 Å². The van der Waals surface area contributed by atoms with Gasteiger partial charge in [0.1, 0.15) is 18.1 Å². The Kier molecular flexibility index (Phi) is 8.76. The fourth-order valence-electron chi connectivity index (χ4n) is 1.81. The van der Waals surface area contributed by atoms with Gasteiger partial charge in [0.05, 0.1) is 6.61 Å². The molecule has 1 aromatic carbocycles. The van der Waals surface area contributed by atoms with Crippen LogP contribution < -0.4 is 10.1 Å². The van der Waals surface area contributed by atoms with Crippen molar-refractivity contribution in [3.8, 4) is 11.5 Å². The van der Waals surface area contributed by atoms with Gasteiger partial charge < -0.3 is 19.9 Å². The molecule has 5 heteroatoms. The van der Waals surface area contributed by atoms with Crippen LogP contribution in [0, 0.1) is 0 Å². The summed E-state index contributed by atoms with van der Waals surface area (Å²) in [7, 11) is 1.60. The Bertz CT molecular complexity index is 486. The SMILES string of the molecule is CCCCCNC(=O)/C=C/c1ccc(OCCOC)cc1O. The van der Waals surface area contributed by atoms with E-state index in [1.807, 2.05) is 0 Å². The van der Waals surface area contributed by atoms with Gasteiger partial charge in [-0.1, -0.05) is 19.8 Å². The number of unbranched alkanes of at least 4 members (excludes halogenated alkanes) is 2. The summed E-state index contributed by atoms with van der Waals surface area (Å²) in [6, 6.07) is 4.97. The van der Waals surface area contributed by atoms with Crippen LogP contribution >= 0.6 is 0 Å². The molecule has 0 heterocycles. The molecule has 0 fully saturated rings. The maximum atomic E-state index is 11.6. The molecule has 0 aliphatic heterocycles. The molecule has 0 bridgehead atoms. The van der Waals surface area contributed by atoms with Gasteiger partial charge in [-0.25, -0.2) is 0 Å². The molecule has 1 amide bonds. The molecule has 122 valence electrons. The van der Waals surface area contributed by atoms with E-state index in [0.717, 1.165) is 19.3 Å². The summed E-state index contributed by atoms with van der Waals surface area (Å²) in [5.41, 5.74) is 0.572. The number of amides is 1. The molecule has 0 radical (unpaired) electrons. The van der Waals surface area contributed by atoms with Crippen LogP contribution in [0.25, 0.3) is 6.08 Å². The van der Waals surface area contributed by atoms with Gasteiger partial charge in [0.25, 0.3) is 0 Å². The molecule has 0 atom stereocenters. The third-order valence-electron chi connectivity index (χ3n) is 3.05. The number of carbonyl (C=O) groups excluding carboxylic acids is 1. The number of methoxy groups -OCH3 is 1. The van der Waals surface area contributed by atoms with Crippen molar-refractivity contribution in [2.45, 2.75) is 26.2 Å². The minimum Gasteiger partial charge on any atom is -0.507 e. The number of rotatable bonds is 10. The Morgan fingerprint density at radius 1 is 1.32 bits per heavy atom. The van der Waals surface area contributed by atoms with E-state index < -0.39 is 0 Å². The molecule has 5 nitrogen and oxygen atoms in total. The van der Waals surface area contributed by atoms with Gasteiger partial charge in [0, 0.05) is 31.4 Å². The van der Waals surface area contributed by atoms with Crippen LogP contribution in [0.4, 0.5) is 0 Å². The first kappa shape index (κ1) is 18.0. The second kappa shape index (κ2) is 10.7. The normalized spacial score (nSPS) is 10.8. The summed E-state index contributed by atoms with van der Waals surface area (Å²) in [6.45, 7) is 3.70. The number of hydrogen-bond acceptors (Lipinski definition) is 4. The van der Waals surface area contributed by atoms with Crippen LogP contribution in [-0.2, 0) is 9.53 Å². The molecule has 22 heavy (non-hydrogen) atoms. The Labute approximate surface area is 131 Å². The summed E-state index contributed by atoms with van der Waals surface area (Å²) in [5, 5.41) is 12.7. The molecule has 1 rings (SSSR count). The van der Waals surface area contributed by atoms with E-state index in [2.05, 4.69) is 12.2 Å². The highest BCUT2D eigenvalue weighted by atomic mass is 16.5. The minimum atomic E-state index is -0.157. The predicted octanol–water partition coefficient (Wildman–Crippen LogP) is 2.74. The smallest absolute Gasteiger partial charge is 0.244 e. The number of benzene rings is 1. The molecule has 0 aliphatic carbocycles. The van der Waals surface area contributed by atoms with Crippen molar-refractivity contribution < 1.29 is 19.4 Å². The molecule has 0 unspecified atom stereocenters. The first-order valence-corrected chi connectivity index (χ1v) is 7.58. The van der Waals surface area contributed by atoms with E-state index in [0.29, 0.717) is 31.1 Å². The zero-order valence-electron chi connectivity index (χ0n) is 13.3. The van der Waals surface area contributed by atoms with Crippen molar-refractivity contribution in [1.82, 2.24) is 5.32 Å². The summed E-state index contributed by atoms with van der Waals surface area (Å²) >= 11 is 0. The third-order valence-corrected chi connectivity index (χ3v) is 3.05. The van der Waals surface area contributed by atoms with Crippen molar-refractivity contribution in [3.05, 3.63) is 29.8 Å². The van der Waals surface area contributed by atoms with Gasteiger partial charge in [-0.15, -0.1) is 0 Å². The van der Waals surface area contributed by atoms with Crippen molar-refractivity contribution in [2.75, 3.05) is 26.9 Å². The number of phenolic OH excluding ortho intramolecular Hbond substituents is 1. The molecule has 1 aromatic rings. The summed E-state index contributed by atoms with van der Waals surface area (Å²) in [4.78, 5) is 11.6. The lowest BCUT2D eigenvalue weighted by atomic mass is 10.1. The molecular weight excluding hydrogens is 282 g/mol. The van der Waals surface area contributed by atoms with Gasteiger partial charge >= 0.3 is 0 Å².